The van der Waals surface area contributed by atoms with Crippen molar-refractivity contribution in [3.8, 4) is 11.5 Å². The molecule has 1 aromatic heterocycles. The second-order valence-corrected chi connectivity index (χ2v) is 8.63. The number of ketones is 2. The molecule has 0 amide bonds. The summed E-state index contributed by atoms with van der Waals surface area (Å²) >= 11 is 0. The third-order valence-corrected chi connectivity index (χ3v) is 6.49. The predicted molar refractivity (Wildman–Crippen MR) is 131 cm³/mol. The van der Waals surface area contributed by atoms with Crippen LogP contribution in [0.15, 0.2) is 48.2 Å². The van der Waals surface area contributed by atoms with Crippen LogP contribution in [0.25, 0.3) is 10.9 Å². The molecule has 0 aliphatic heterocycles. The number of aryl methyl sites for hydroxylation is 1. The summed E-state index contributed by atoms with van der Waals surface area (Å²) in [6.45, 7) is 1.21. The first-order valence-corrected chi connectivity index (χ1v) is 11.7. The van der Waals surface area contributed by atoms with Crippen LogP contribution in [0.5, 0.6) is 11.5 Å². The van der Waals surface area contributed by atoms with Crippen molar-refractivity contribution >= 4 is 28.2 Å². The van der Waals surface area contributed by atoms with Gasteiger partial charge in [0.1, 0.15) is 11.5 Å². The van der Waals surface area contributed by atoms with Gasteiger partial charge < -0.3 is 20.5 Å². The zero-order chi connectivity index (χ0) is 23.7. The van der Waals surface area contributed by atoms with Gasteiger partial charge in [-0.1, -0.05) is 12.1 Å². The number of methoxy groups -OCH3 is 1. The number of aromatic nitrogens is 1. The second-order valence-electron chi connectivity index (χ2n) is 8.63. The fourth-order valence-corrected chi connectivity index (χ4v) is 4.87. The third kappa shape index (κ3) is 3.87. The number of phenols is 1. The maximum Gasteiger partial charge on any atom is 0.209 e. The average molecular weight is 458 g/mol. The molecule has 0 atom stereocenters. The maximum absolute atomic E-state index is 12.7. The lowest BCUT2D eigenvalue weighted by Gasteiger charge is -2.23. The number of carbonyl (C=O) groups is 2. The molecule has 34 heavy (non-hydrogen) atoms. The molecule has 2 aromatic carbocycles. The van der Waals surface area contributed by atoms with Crippen LogP contribution in [0, 0.1) is 0 Å². The number of aromatic hydroxyl groups is 1. The maximum atomic E-state index is 12.7. The molecular weight excluding hydrogens is 430 g/mol. The number of hydrogen-bond acceptors (Lipinski definition) is 7. The van der Waals surface area contributed by atoms with Gasteiger partial charge in [0, 0.05) is 30.4 Å². The number of Topliss-reactive ketones (excluding diaryl/α,β-unsaturated/α-hetero) is 1. The summed E-state index contributed by atoms with van der Waals surface area (Å²) in [4.78, 5) is 30.0. The van der Waals surface area contributed by atoms with Crippen LogP contribution in [0.3, 0.4) is 0 Å². The lowest BCUT2D eigenvalue weighted by atomic mass is 9.92. The number of nitrogens with zero attached hydrogens (tertiary/aromatic N) is 1. The molecule has 1 heterocycles. The molecule has 2 aliphatic rings. The van der Waals surface area contributed by atoms with E-state index in [1.165, 1.54) is 17.7 Å². The molecule has 7 heteroatoms. The van der Waals surface area contributed by atoms with E-state index in [9.17, 15) is 14.7 Å². The standard InChI is InChI=1S/C27H27N3O4/c1-34-23-12-5-10-19-25(23)26(16-7-2-3-9-18(16)30-19)29-14-6-13-28-20-15-22(32)24-17(27(20)33)8-4-11-21(24)31/h4-5,8,10-12,15,28,31H,2-3,6-7,9,13-14H2,1H3,(H,29,30). The lowest BCUT2D eigenvalue weighted by molar-refractivity contribution is 0.0976. The van der Waals surface area contributed by atoms with Crippen molar-refractivity contribution in [2.24, 2.45) is 0 Å². The van der Waals surface area contributed by atoms with Crippen LogP contribution in [-0.4, -0.2) is 41.9 Å². The zero-order valence-electron chi connectivity index (χ0n) is 19.1. The van der Waals surface area contributed by atoms with Crippen LogP contribution < -0.4 is 15.4 Å². The molecule has 0 unspecified atom stereocenters. The van der Waals surface area contributed by atoms with Crippen LogP contribution in [0.4, 0.5) is 5.69 Å². The fourth-order valence-electron chi connectivity index (χ4n) is 4.87. The van der Waals surface area contributed by atoms with Crippen LogP contribution >= 0.6 is 0 Å². The topological polar surface area (TPSA) is 101 Å². The number of nitrogens with one attached hydrogen (secondary N) is 2. The Morgan fingerprint density at radius 2 is 1.82 bits per heavy atom. The molecule has 174 valence electrons. The molecule has 3 N–H and O–H groups in total. The Balaban J connectivity index is 1.29. The Morgan fingerprint density at radius 3 is 2.68 bits per heavy atom. The molecule has 3 aromatic rings. The molecule has 0 spiro atoms. The van der Waals surface area contributed by atoms with Gasteiger partial charge in [-0.3, -0.25) is 14.6 Å². The van der Waals surface area contributed by atoms with Crippen LogP contribution in [0.2, 0.25) is 0 Å². The normalized spacial score (nSPS) is 14.9. The van der Waals surface area contributed by atoms with Crippen molar-refractivity contribution in [2.45, 2.75) is 32.1 Å². The number of carbonyl (C=O) groups excluding carboxylic acids is 2. The first kappa shape index (κ1) is 21.9. The molecule has 0 fully saturated rings. The van der Waals surface area contributed by atoms with E-state index in [-0.39, 0.29) is 34.1 Å². The van der Waals surface area contributed by atoms with Gasteiger partial charge in [0.2, 0.25) is 5.78 Å². The third-order valence-electron chi connectivity index (χ3n) is 6.49. The van der Waals surface area contributed by atoms with E-state index in [0.29, 0.717) is 13.1 Å². The number of hydrogen-bond donors (Lipinski definition) is 3. The van der Waals surface area contributed by atoms with Crippen molar-refractivity contribution in [3.05, 3.63) is 70.6 Å². The average Bonchev–Trinajstić information content (AvgIpc) is 2.85. The highest BCUT2D eigenvalue weighted by molar-refractivity contribution is 6.25. The quantitative estimate of drug-likeness (QED) is 0.458. The van der Waals surface area contributed by atoms with E-state index in [4.69, 9.17) is 9.72 Å². The van der Waals surface area contributed by atoms with Gasteiger partial charge in [-0.15, -0.1) is 0 Å². The highest BCUT2D eigenvalue weighted by Crippen LogP contribution is 2.38. The summed E-state index contributed by atoms with van der Waals surface area (Å²) in [5, 5.41) is 17.7. The largest absolute Gasteiger partial charge is 0.507 e. The van der Waals surface area contributed by atoms with E-state index in [1.807, 2.05) is 18.2 Å². The van der Waals surface area contributed by atoms with Gasteiger partial charge in [0.15, 0.2) is 5.78 Å². The summed E-state index contributed by atoms with van der Waals surface area (Å²) in [5.74, 6) is -0.0104. The lowest BCUT2D eigenvalue weighted by Crippen LogP contribution is -2.28. The van der Waals surface area contributed by atoms with E-state index in [1.54, 1.807) is 19.2 Å². The molecule has 0 saturated heterocycles. The Morgan fingerprint density at radius 1 is 1.03 bits per heavy atom. The Hall–Kier alpha value is -3.87. The van der Waals surface area contributed by atoms with Gasteiger partial charge in [-0.05, 0) is 61.9 Å². The summed E-state index contributed by atoms with van der Waals surface area (Å²) in [5.41, 5.74) is 5.01. The van der Waals surface area contributed by atoms with Crippen molar-refractivity contribution in [1.29, 1.82) is 0 Å². The molecule has 0 bridgehead atoms. The van der Waals surface area contributed by atoms with Crippen LogP contribution in [0.1, 0.15) is 51.2 Å². The Labute approximate surface area is 197 Å². The smallest absolute Gasteiger partial charge is 0.209 e. The first-order valence-electron chi connectivity index (χ1n) is 11.7. The summed E-state index contributed by atoms with van der Waals surface area (Å²) in [7, 11) is 1.68. The summed E-state index contributed by atoms with van der Waals surface area (Å²) in [6, 6.07) is 10.5. The summed E-state index contributed by atoms with van der Waals surface area (Å²) < 4.78 is 5.64. The minimum Gasteiger partial charge on any atom is -0.507 e. The number of rotatable bonds is 7. The van der Waals surface area contributed by atoms with E-state index < -0.39 is 0 Å². The van der Waals surface area contributed by atoms with E-state index in [0.717, 1.165) is 60.1 Å². The zero-order valence-corrected chi connectivity index (χ0v) is 19.1. The number of phenolic OH excluding ortho intramolecular Hbond substituents is 1. The second kappa shape index (κ2) is 9.17. The van der Waals surface area contributed by atoms with Crippen molar-refractivity contribution < 1.29 is 19.4 Å². The van der Waals surface area contributed by atoms with Gasteiger partial charge in [0.25, 0.3) is 0 Å². The fraction of sp³-hybridized carbons (Fsp3) is 0.296. The molecular formula is C27H27N3O4. The number of anilines is 1. The Kier molecular flexibility index (Phi) is 5.92. The van der Waals surface area contributed by atoms with Gasteiger partial charge in [-0.2, -0.15) is 0 Å². The highest BCUT2D eigenvalue weighted by atomic mass is 16.5. The number of fused-ring (bicyclic) bond motifs is 3. The van der Waals surface area contributed by atoms with E-state index in [2.05, 4.69) is 10.6 Å². The molecule has 0 saturated carbocycles. The van der Waals surface area contributed by atoms with Gasteiger partial charge in [0.05, 0.1) is 35.0 Å². The monoisotopic (exact) mass is 457 g/mol. The minimum atomic E-state index is -0.365. The Bertz CT molecular complexity index is 1330. The van der Waals surface area contributed by atoms with Crippen molar-refractivity contribution in [1.82, 2.24) is 10.3 Å². The van der Waals surface area contributed by atoms with Gasteiger partial charge in [-0.25, -0.2) is 0 Å². The van der Waals surface area contributed by atoms with Gasteiger partial charge >= 0.3 is 0 Å². The SMILES string of the molecule is COc1cccc2nc3c(c(NCCCNC4=CC(=O)c5c(O)cccc5C4=O)c12)CCCC3. The van der Waals surface area contributed by atoms with Crippen LogP contribution in [-0.2, 0) is 12.8 Å². The molecule has 2 aliphatic carbocycles. The number of pyridine rings is 1. The number of allylic oxidation sites excluding steroid dienone is 2. The van der Waals surface area contributed by atoms with E-state index >= 15 is 0 Å². The number of ether oxygens (including phenoxy) is 1. The molecule has 0 radical (unpaired) electrons. The van der Waals surface area contributed by atoms with Crippen molar-refractivity contribution in [2.75, 3.05) is 25.5 Å². The first-order chi connectivity index (χ1) is 16.6. The minimum absolute atomic E-state index is 0.0722. The molecule has 7 nitrogen and oxygen atoms in total. The number of benzene rings is 2. The molecule has 5 rings (SSSR count). The predicted octanol–water partition coefficient (Wildman–Crippen LogP) is 4.18. The summed E-state index contributed by atoms with van der Waals surface area (Å²) in [6.07, 6.45) is 6.29. The van der Waals surface area contributed by atoms with Crippen molar-refractivity contribution in [3.63, 3.8) is 0 Å². The highest BCUT2D eigenvalue weighted by Gasteiger charge is 2.27.